The smallest absolute Gasteiger partial charge is 0.335 e. The van der Waals surface area contributed by atoms with Gasteiger partial charge in [0.25, 0.3) is 0 Å². The Kier molecular flexibility index (Phi) is 3.20. The molecule has 4 heteroatoms. The molecular weight excluding hydrogens is 312 g/mol. The van der Waals surface area contributed by atoms with Crippen LogP contribution in [0.1, 0.15) is 29.4 Å². The first kappa shape index (κ1) is 14.3. The number of rotatable bonds is 3. The molecule has 2 aliphatic rings. The molecule has 0 radical (unpaired) electrons. The van der Waals surface area contributed by atoms with Crippen molar-refractivity contribution < 1.29 is 14.3 Å². The second-order valence-electron chi connectivity index (χ2n) is 5.84. The molecule has 23 heavy (non-hydrogen) atoms. The minimum atomic E-state index is -0.458. The molecule has 0 saturated heterocycles. The number of carbonyl (C=O) groups is 1. The molecule has 0 saturated carbocycles. The highest BCUT2D eigenvalue weighted by molar-refractivity contribution is 6.31. The zero-order valence-corrected chi connectivity index (χ0v) is 13.4. The van der Waals surface area contributed by atoms with Gasteiger partial charge in [0.05, 0.1) is 7.11 Å². The first-order valence-electron chi connectivity index (χ1n) is 7.49. The number of ether oxygens (including phenoxy) is 2. The Bertz CT molecular complexity index is 882. The number of halogens is 1. The molecular formula is C19H15ClO3. The largest absolute Gasteiger partial charge is 0.496 e. The molecule has 0 aliphatic heterocycles. The van der Waals surface area contributed by atoms with Gasteiger partial charge in [0.1, 0.15) is 11.5 Å². The molecule has 2 bridgehead atoms. The fraction of sp³-hybridized carbons (Fsp3) is 0.211. The van der Waals surface area contributed by atoms with Crippen molar-refractivity contribution >= 4 is 28.3 Å². The molecule has 3 nitrogen and oxygen atoms in total. The highest BCUT2D eigenvalue weighted by Gasteiger charge is 2.39. The molecule has 116 valence electrons. The van der Waals surface area contributed by atoms with Gasteiger partial charge in [-0.15, -0.1) is 0 Å². The second-order valence-corrected chi connectivity index (χ2v) is 6.27. The number of hydrogen-bond acceptors (Lipinski definition) is 3. The van der Waals surface area contributed by atoms with E-state index in [0.717, 1.165) is 34.1 Å². The van der Waals surface area contributed by atoms with Gasteiger partial charge in [-0.25, -0.2) is 4.79 Å². The van der Waals surface area contributed by atoms with E-state index in [2.05, 4.69) is 18.7 Å². The summed E-state index contributed by atoms with van der Waals surface area (Å²) in [7, 11) is 1.67. The van der Waals surface area contributed by atoms with Crippen LogP contribution in [0.4, 0.5) is 0 Å². The van der Waals surface area contributed by atoms with Crippen LogP contribution >= 0.6 is 11.6 Å². The van der Waals surface area contributed by atoms with Gasteiger partial charge in [-0.3, -0.25) is 0 Å². The molecule has 0 fully saturated rings. The monoisotopic (exact) mass is 326 g/mol. The summed E-state index contributed by atoms with van der Waals surface area (Å²) in [6, 6.07) is 5.53. The lowest BCUT2D eigenvalue weighted by molar-refractivity contribution is -0.128. The molecule has 0 N–H and O–H groups in total. The Balaban J connectivity index is 2.09. The van der Waals surface area contributed by atoms with Crippen LogP contribution in [-0.4, -0.2) is 13.1 Å². The third-order valence-corrected chi connectivity index (χ3v) is 4.88. The first-order valence-corrected chi connectivity index (χ1v) is 7.87. The Hall–Kier alpha value is -2.26. The van der Waals surface area contributed by atoms with Crippen LogP contribution in [0.3, 0.4) is 0 Å². The van der Waals surface area contributed by atoms with Crippen LogP contribution in [0.15, 0.2) is 43.0 Å². The summed E-state index contributed by atoms with van der Waals surface area (Å²) in [5, 5.41) is 2.32. The summed E-state index contributed by atoms with van der Waals surface area (Å²) in [6.07, 6.45) is 6.56. The van der Waals surface area contributed by atoms with Crippen molar-refractivity contribution in [2.45, 2.75) is 18.3 Å². The van der Waals surface area contributed by atoms with E-state index in [0.29, 0.717) is 16.7 Å². The number of fused-ring (bicyclic) bond motifs is 6. The summed E-state index contributed by atoms with van der Waals surface area (Å²) >= 11 is 6.17. The summed E-state index contributed by atoms with van der Waals surface area (Å²) in [4.78, 5) is 11.8. The predicted molar refractivity (Wildman–Crippen MR) is 90.6 cm³/mol. The average Bonchev–Trinajstić information content (AvgIpc) is 3.16. The van der Waals surface area contributed by atoms with E-state index in [-0.39, 0.29) is 5.92 Å². The third kappa shape index (κ3) is 2.00. The number of carbonyl (C=O) groups excluding carboxylic acids is 1. The molecule has 0 spiro atoms. The van der Waals surface area contributed by atoms with Gasteiger partial charge in [-0.2, -0.15) is 0 Å². The quantitative estimate of drug-likeness (QED) is 0.354. The molecule has 4 rings (SSSR count). The molecule has 0 heterocycles. The second kappa shape index (κ2) is 5.14. The number of methoxy groups -OCH3 is 1. The number of esters is 1. The Morgan fingerprint density at radius 3 is 2.57 bits per heavy atom. The highest BCUT2D eigenvalue weighted by Crippen LogP contribution is 2.58. The third-order valence-electron chi connectivity index (χ3n) is 4.65. The Morgan fingerprint density at radius 1 is 1.22 bits per heavy atom. The van der Waals surface area contributed by atoms with Gasteiger partial charge in [-0.05, 0) is 24.6 Å². The van der Waals surface area contributed by atoms with Crippen LogP contribution in [0.5, 0.6) is 11.5 Å². The van der Waals surface area contributed by atoms with Crippen molar-refractivity contribution in [1.29, 1.82) is 0 Å². The summed E-state index contributed by atoms with van der Waals surface area (Å²) < 4.78 is 11.3. The van der Waals surface area contributed by atoms with Gasteiger partial charge in [0.2, 0.25) is 0 Å². The standard InChI is InChI=1S/C19H15ClO3/c1-3-15(21)23-19-13-7-6-12(20)9-14(13)18(22-2)16-10-4-5-11(8-10)17(16)19/h3-7,9-11H,1,8H2,2H3. The average molecular weight is 327 g/mol. The number of allylic oxidation sites excluding steroid dienone is 2. The maximum Gasteiger partial charge on any atom is 0.335 e. The van der Waals surface area contributed by atoms with E-state index in [1.54, 1.807) is 13.2 Å². The molecule has 0 amide bonds. The minimum absolute atomic E-state index is 0.261. The summed E-state index contributed by atoms with van der Waals surface area (Å²) in [6.45, 7) is 3.49. The highest BCUT2D eigenvalue weighted by atomic mass is 35.5. The lowest BCUT2D eigenvalue weighted by Crippen LogP contribution is -2.09. The van der Waals surface area contributed by atoms with Gasteiger partial charge in [-0.1, -0.05) is 30.3 Å². The van der Waals surface area contributed by atoms with E-state index in [1.165, 1.54) is 6.08 Å². The SMILES string of the molecule is C=CC(=O)Oc1c2c(c(OC)c3cc(Cl)ccc13)C1C=CC2C1. The zero-order valence-electron chi connectivity index (χ0n) is 12.6. The maximum absolute atomic E-state index is 11.8. The van der Waals surface area contributed by atoms with Gasteiger partial charge < -0.3 is 9.47 Å². The van der Waals surface area contributed by atoms with Gasteiger partial charge >= 0.3 is 5.97 Å². The van der Waals surface area contributed by atoms with Crippen LogP contribution in [-0.2, 0) is 4.79 Å². The molecule has 2 atom stereocenters. The molecule has 2 aromatic rings. The van der Waals surface area contributed by atoms with E-state index in [4.69, 9.17) is 21.1 Å². The van der Waals surface area contributed by atoms with Crippen molar-refractivity contribution in [1.82, 2.24) is 0 Å². The van der Waals surface area contributed by atoms with E-state index < -0.39 is 5.97 Å². The minimum Gasteiger partial charge on any atom is -0.496 e. The predicted octanol–water partition coefficient (Wildman–Crippen LogP) is 4.73. The summed E-state index contributed by atoms with van der Waals surface area (Å²) in [5.41, 5.74) is 2.17. The number of benzene rings is 2. The van der Waals surface area contributed by atoms with Crippen molar-refractivity contribution in [2.24, 2.45) is 0 Å². The topological polar surface area (TPSA) is 35.5 Å². The van der Waals surface area contributed by atoms with Crippen molar-refractivity contribution in [3.8, 4) is 11.5 Å². The molecule has 0 aromatic heterocycles. The summed E-state index contributed by atoms with van der Waals surface area (Å²) in [5.74, 6) is 1.54. The Labute approximate surface area is 139 Å². The van der Waals surface area contributed by atoms with Crippen LogP contribution in [0, 0.1) is 0 Å². The van der Waals surface area contributed by atoms with Crippen LogP contribution in [0.2, 0.25) is 5.02 Å². The van der Waals surface area contributed by atoms with E-state index in [9.17, 15) is 4.79 Å². The van der Waals surface area contributed by atoms with Crippen LogP contribution in [0.25, 0.3) is 10.8 Å². The van der Waals surface area contributed by atoms with Crippen LogP contribution < -0.4 is 9.47 Å². The van der Waals surface area contributed by atoms with E-state index >= 15 is 0 Å². The van der Waals surface area contributed by atoms with Crippen molar-refractivity contribution in [3.05, 3.63) is 59.2 Å². The number of hydrogen-bond donors (Lipinski definition) is 0. The lowest BCUT2D eigenvalue weighted by Gasteiger charge is -2.21. The molecule has 2 unspecified atom stereocenters. The fourth-order valence-corrected chi connectivity index (χ4v) is 3.94. The van der Waals surface area contributed by atoms with E-state index in [1.807, 2.05) is 12.1 Å². The molecule has 2 aliphatic carbocycles. The normalized spacial score (nSPS) is 20.6. The fourth-order valence-electron chi connectivity index (χ4n) is 3.77. The lowest BCUT2D eigenvalue weighted by atomic mass is 9.90. The zero-order chi connectivity index (χ0) is 16.1. The maximum atomic E-state index is 11.8. The van der Waals surface area contributed by atoms with Gasteiger partial charge in [0.15, 0.2) is 0 Å². The van der Waals surface area contributed by atoms with Crippen molar-refractivity contribution in [3.63, 3.8) is 0 Å². The van der Waals surface area contributed by atoms with Gasteiger partial charge in [0, 0.05) is 44.8 Å². The Morgan fingerprint density at radius 2 is 1.91 bits per heavy atom. The first-order chi connectivity index (χ1) is 11.1. The molecule has 2 aromatic carbocycles. The van der Waals surface area contributed by atoms with Crippen molar-refractivity contribution in [2.75, 3.05) is 7.11 Å².